The number of aromatic nitrogens is 1. The van der Waals surface area contributed by atoms with Crippen molar-refractivity contribution in [2.24, 2.45) is 0 Å². The highest BCUT2D eigenvalue weighted by Crippen LogP contribution is 2.13. The van der Waals surface area contributed by atoms with Gasteiger partial charge in [-0.1, -0.05) is 11.8 Å². The van der Waals surface area contributed by atoms with Crippen molar-refractivity contribution in [2.45, 2.75) is 13.5 Å². The number of aliphatic hydroxyl groups is 1. The zero-order valence-corrected chi connectivity index (χ0v) is 12.1. The number of benzene rings is 1. The Morgan fingerprint density at radius 2 is 2.33 bits per heavy atom. The summed E-state index contributed by atoms with van der Waals surface area (Å²) in [5, 5.41) is 11.5. The molecule has 1 aromatic heterocycles. The minimum atomic E-state index is -0.480. The third kappa shape index (κ3) is 3.88. The quantitative estimate of drug-likeness (QED) is 0.851. The normalized spacial score (nSPS) is 9.86. The van der Waals surface area contributed by atoms with Crippen LogP contribution in [0.1, 0.15) is 26.5 Å². The lowest BCUT2D eigenvalue weighted by Gasteiger charge is -2.06. The van der Waals surface area contributed by atoms with Gasteiger partial charge in [-0.25, -0.2) is 9.37 Å². The third-order valence-corrected chi connectivity index (χ3v) is 3.72. The maximum absolute atomic E-state index is 13.2. The van der Waals surface area contributed by atoms with E-state index < -0.39 is 5.82 Å². The number of thiazole rings is 1. The van der Waals surface area contributed by atoms with E-state index in [1.807, 2.05) is 6.92 Å². The smallest absolute Gasteiger partial charge is 0.252 e. The molecule has 0 spiro atoms. The van der Waals surface area contributed by atoms with Gasteiger partial charge in [0, 0.05) is 10.4 Å². The van der Waals surface area contributed by atoms with Crippen molar-refractivity contribution in [3.63, 3.8) is 0 Å². The number of rotatable bonds is 3. The van der Waals surface area contributed by atoms with Gasteiger partial charge in [0.2, 0.25) is 0 Å². The van der Waals surface area contributed by atoms with Crippen LogP contribution in [0.15, 0.2) is 23.7 Å². The molecular weight excluding hydrogens is 291 g/mol. The van der Waals surface area contributed by atoms with Crippen molar-refractivity contribution in [3.8, 4) is 11.8 Å². The maximum Gasteiger partial charge on any atom is 0.252 e. The summed E-state index contributed by atoms with van der Waals surface area (Å²) < 4.78 is 13.2. The molecule has 0 saturated heterocycles. The van der Waals surface area contributed by atoms with Crippen LogP contribution in [0.4, 0.5) is 4.39 Å². The van der Waals surface area contributed by atoms with Crippen molar-refractivity contribution in [1.82, 2.24) is 10.3 Å². The third-order valence-electron chi connectivity index (χ3n) is 2.78. The standard InChI is InChI=1S/C15H13FN2O2S/c1-10-14(21-9-18-10)8-17-15(20)13-5-4-12(16)7-11(13)3-2-6-19/h4-5,7,9,19H,6,8H2,1H3,(H,17,20). The average Bonchev–Trinajstić information content (AvgIpc) is 2.88. The second-order valence-corrected chi connectivity index (χ2v) is 5.13. The number of carbonyl (C=O) groups is 1. The number of nitrogens with one attached hydrogen (secondary N) is 1. The van der Waals surface area contributed by atoms with Crippen molar-refractivity contribution < 1.29 is 14.3 Å². The van der Waals surface area contributed by atoms with Crippen LogP contribution in [0.5, 0.6) is 0 Å². The van der Waals surface area contributed by atoms with Gasteiger partial charge in [-0.05, 0) is 25.1 Å². The Morgan fingerprint density at radius 3 is 3.00 bits per heavy atom. The molecule has 0 radical (unpaired) electrons. The lowest BCUT2D eigenvalue weighted by atomic mass is 10.1. The van der Waals surface area contributed by atoms with Crippen molar-refractivity contribution in [2.75, 3.05) is 6.61 Å². The number of aliphatic hydroxyl groups excluding tert-OH is 1. The number of hydrogen-bond acceptors (Lipinski definition) is 4. The predicted molar refractivity (Wildman–Crippen MR) is 78.4 cm³/mol. The molecule has 0 bridgehead atoms. The molecule has 0 fully saturated rings. The van der Waals surface area contributed by atoms with Crippen molar-refractivity contribution in [1.29, 1.82) is 0 Å². The summed E-state index contributed by atoms with van der Waals surface area (Å²) in [6.07, 6.45) is 0. The van der Waals surface area contributed by atoms with Gasteiger partial charge in [0.25, 0.3) is 5.91 Å². The first kappa shape index (κ1) is 15.2. The van der Waals surface area contributed by atoms with E-state index in [-0.39, 0.29) is 23.6 Å². The van der Waals surface area contributed by atoms with Gasteiger partial charge in [0.15, 0.2) is 0 Å². The van der Waals surface area contributed by atoms with Gasteiger partial charge in [-0.2, -0.15) is 0 Å². The second-order valence-electron chi connectivity index (χ2n) is 4.19. The number of nitrogens with zero attached hydrogens (tertiary/aromatic N) is 1. The Hall–Kier alpha value is -2.23. The van der Waals surface area contributed by atoms with Gasteiger partial charge < -0.3 is 10.4 Å². The van der Waals surface area contributed by atoms with Crippen LogP contribution in [-0.4, -0.2) is 22.6 Å². The van der Waals surface area contributed by atoms with E-state index >= 15 is 0 Å². The van der Waals surface area contributed by atoms with Gasteiger partial charge in [0.05, 0.1) is 23.3 Å². The molecule has 6 heteroatoms. The fourth-order valence-corrected chi connectivity index (χ4v) is 2.42. The fourth-order valence-electron chi connectivity index (χ4n) is 1.70. The highest BCUT2D eigenvalue weighted by molar-refractivity contribution is 7.09. The van der Waals surface area contributed by atoms with Gasteiger partial charge in [0.1, 0.15) is 12.4 Å². The molecule has 0 aliphatic heterocycles. The Bertz CT molecular complexity index is 716. The van der Waals surface area contributed by atoms with Gasteiger partial charge in [-0.15, -0.1) is 11.3 Å². The largest absolute Gasteiger partial charge is 0.384 e. The molecule has 0 aliphatic rings. The Morgan fingerprint density at radius 1 is 1.52 bits per heavy atom. The molecule has 2 aromatic rings. The highest BCUT2D eigenvalue weighted by Gasteiger charge is 2.12. The van der Waals surface area contributed by atoms with Crippen LogP contribution < -0.4 is 5.32 Å². The molecule has 2 N–H and O–H groups in total. The summed E-state index contributed by atoms with van der Waals surface area (Å²) in [5.41, 5.74) is 3.12. The second kappa shape index (κ2) is 6.97. The van der Waals surface area contributed by atoms with E-state index in [9.17, 15) is 9.18 Å². The first-order chi connectivity index (χ1) is 10.1. The van der Waals surface area contributed by atoms with E-state index in [1.165, 1.54) is 29.5 Å². The minimum Gasteiger partial charge on any atom is -0.384 e. The number of aryl methyl sites for hydroxylation is 1. The number of carbonyl (C=O) groups excluding carboxylic acids is 1. The summed E-state index contributed by atoms with van der Waals surface area (Å²) in [6, 6.07) is 3.76. The first-order valence-electron chi connectivity index (χ1n) is 6.18. The van der Waals surface area contributed by atoms with Crippen LogP contribution in [0.2, 0.25) is 0 Å². The molecule has 1 heterocycles. The first-order valence-corrected chi connectivity index (χ1v) is 7.06. The lowest BCUT2D eigenvalue weighted by molar-refractivity contribution is 0.0951. The summed E-state index contributed by atoms with van der Waals surface area (Å²) in [5.74, 6) is 4.17. The zero-order chi connectivity index (χ0) is 15.2. The highest BCUT2D eigenvalue weighted by atomic mass is 32.1. The Kier molecular flexibility index (Phi) is 5.04. The lowest BCUT2D eigenvalue weighted by Crippen LogP contribution is -2.23. The monoisotopic (exact) mass is 304 g/mol. The predicted octanol–water partition coefficient (Wildman–Crippen LogP) is 1.86. The molecule has 4 nitrogen and oxygen atoms in total. The average molecular weight is 304 g/mol. The number of amides is 1. The van der Waals surface area contributed by atoms with E-state index in [0.717, 1.165) is 10.6 Å². The van der Waals surface area contributed by atoms with E-state index in [4.69, 9.17) is 5.11 Å². The van der Waals surface area contributed by atoms with Gasteiger partial charge >= 0.3 is 0 Å². The molecule has 0 aliphatic carbocycles. The van der Waals surface area contributed by atoms with Gasteiger partial charge in [-0.3, -0.25) is 4.79 Å². The van der Waals surface area contributed by atoms with E-state index in [0.29, 0.717) is 6.54 Å². The van der Waals surface area contributed by atoms with E-state index in [2.05, 4.69) is 22.1 Å². The van der Waals surface area contributed by atoms with Crippen LogP contribution in [0, 0.1) is 24.6 Å². The van der Waals surface area contributed by atoms with E-state index in [1.54, 1.807) is 5.51 Å². The van der Waals surface area contributed by atoms with Crippen molar-refractivity contribution >= 4 is 17.2 Å². The van der Waals surface area contributed by atoms with Crippen molar-refractivity contribution in [3.05, 3.63) is 51.2 Å². The SMILES string of the molecule is Cc1ncsc1CNC(=O)c1ccc(F)cc1C#CCO. The number of halogens is 1. The molecular formula is C15H13FN2O2S. The summed E-state index contributed by atoms with van der Waals surface area (Å²) >= 11 is 1.46. The Balaban J connectivity index is 2.17. The Labute approximate surface area is 125 Å². The molecule has 21 heavy (non-hydrogen) atoms. The molecule has 0 saturated carbocycles. The summed E-state index contributed by atoms with van der Waals surface area (Å²) in [6.45, 7) is 1.88. The maximum atomic E-state index is 13.2. The molecule has 1 amide bonds. The molecule has 0 atom stereocenters. The molecule has 1 aromatic carbocycles. The fraction of sp³-hybridized carbons (Fsp3) is 0.200. The van der Waals surface area contributed by atoms with Crippen LogP contribution in [0.25, 0.3) is 0 Å². The number of hydrogen-bond donors (Lipinski definition) is 2. The summed E-state index contributed by atoms with van der Waals surface area (Å²) in [7, 11) is 0. The van der Waals surface area contributed by atoms with Crippen LogP contribution >= 0.6 is 11.3 Å². The molecule has 2 rings (SSSR count). The van der Waals surface area contributed by atoms with Crippen LogP contribution in [-0.2, 0) is 6.54 Å². The van der Waals surface area contributed by atoms with Crippen LogP contribution in [0.3, 0.4) is 0 Å². The zero-order valence-electron chi connectivity index (χ0n) is 11.3. The summed E-state index contributed by atoms with van der Waals surface area (Å²) in [4.78, 5) is 17.2. The topological polar surface area (TPSA) is 62.2 Å². The molecule has 0 unspecified atom stereocenters. The molecule has 108 valence electrons. The minimum absolute atomic E-state index is 0.252.